The van der Waals surface area contributed by atoms with E-state index in [4.69, 9.17) is 14.2 Å². The fourth-order valence-corrected chi connectivity index (χ4v) is 4.71. The smallest absolute Gasteiger partial charge is 0.268 e. The van der Waals surface area contributed by atoms with E-state index in [0.29, 0.717) is 35.9 Å². The number of nitrogens with zero attached hydrogens (tertiary/aromatic N) is 1. The summed E-state index contributed by atoms with van der Waals surface area (Å²) in [6, 6.07) is 22.6. The van der Waals surface area contributed by atoms with Crippen LogP contribution in [-0.4, -0.2) is 48.9 Å². The van der Waals surface area contributed by atoms with Gasteiger partial charge in [-0.15, -0.1) is 0 Å². The highest BCUT2D eigenvalue weighted by atomic mass is 19.3. The summed E-state index contributed by atoms with van der Waals surface area (Å²) in [7, 11) is 1.45. The minimum Gasteiger partial charge on any atom is -0.493 e. The van der Waals surface area contributed by atoms with Crippen LogP contribution in [0.25, 0.3) is 11.1 Å². The van der Waals surface area contributed by atoms with E-state index in [0.717, 1.165) is 11.1 Å². The van der Waals surface area contributed by atoms with Crippen molar-refractivity contribution in [2.75, 3.05) is 25.2 Å². The molecule has 8 heteroatoms. The van der Waals surface area contributed by atoms with Gasteiger partial charge in [-0.25, -0.2) is 8.78 Å². The molecule has 0 bridgehead atoms. The number of hydrogen-bond acceptors (Lipinski definition) is 5. The minimum atomic E-state index is -2.86. The topological polar surface area (TPSA) is 68.2 Å². The molecule has 1 amide bonds. The summed E-state index contributed by atoms with van der Waals surface area (Å²) in [6.07, 6.45) is -1.33. The number of hydrogen-bond donors (Lipinski definition) is 1. The lowest BCUT2D eigenvalue weighted by molar-refractivity contribution is -0.215. The Kier molecular flexibility index (Phi) is 6.30. The maximum atomic E-state index is 13.1. The van der Waals surface area contributed by atoms with Crippen molar-refractivity contribution in [3.8, 4) is 28.4 Å². The maximum absolute atomic E-state index is 13.1. The van der Waals surface area contributed by atoms with Gasteiger partial charge in [-0.3, -0.25) is 4.79 Å². The quantitative estimate of drug-likeness (QED) is 0.472. The average molecular weight is 496 g/mol. The van der Waals surface area contributed by atoms with Crippen LogP contribution >= 0.6 is 0 Å². The number of amides is 1. The molecule has 2 aliphatic rings. The lowest BCUT2D eigenvalue weighted by Crippen LogP contribution is -2.55. The predicted molar refractivity (Wildman–Crippen MR) is 131 cm³/mol. The Bertz CT molecular complexity index is 1220. The normalized spacial score (nSPS) is 20.1. The van der Waals surface area contributed by atoms with Crippen LogP contribution in [-0.2, 0) is 4.79 Å². The molecule has 188 valence electrons. The van der Waals surface area contributed by atoms with Crippen LogP contribution in [0.5, 0.6) is 17.2 Å². The first kappa shape index (κ1) is 24.1. The summed E-state index contributed by atoms with van der Waals surface area (Å²) in [4.78, 5) is 14.7. The van der Waals surface area contributed by atoms with Crippen molar-refractivity contribution >= 4 is 11.6 Å². The number of alkyl halides is 2. The fraction of sp³-hybridized carbons (Fsp3) is 0.321. The van der Waals surface area contributed by atoms with E-state index >= 15 is 0 Å². The highest BCUT2D eigenvalue weighted by Gasteiger charge is 2.56. The second kappa shape index (κ2) is 9.43. The van der Waals surface area contributed by atoms with Gasteiger partial charge in [-0.2, -0.15) is 0 Å². The SMILES string of the molecule is COc1cc(N2CCC(Oc3ccc(-c4ccccc4)cc3)C2=O)ccc1OCC1(O)CC(F)(F)C1. The zero-order chi connectivity index (χ0) is 25.3. The number of methoxy groups -OCH3 is 1. The van der Waals surface area contributed by atoms with E-state index in [9.17, 15) is 18.7 Å². The molecule has 1 aliphatic carbocycles. The maximum Gasteiger partial charge on any atom is 0.268 e. The van der Waals surface area contributed by atoms with Crippen LogP contribution < -0.4 is 19.1 Å². The second-order valence-electron chi connectivity index (χ2n) is 9.33. The Morgan fingerprint density at radius 3 is 2.33 bits per heavy atom. The largest absolute Gasteiger partial charge is 0.493 e. The van der Waals surface area contributed by atoms with Gasteiger partial charge in [-0.05, 0) is 35.4 Å². The zero-order valence-electron chi connectivity index (χ0n) is 19.8. The molecule has 3 aromatic rings. The van der Waals surface area contributed by atoms with E-state index in [1.807, 2.05) is 54.6 Å². The average Bonchev–Trinajstić information content (AvgIpc) is 3.22. The number of halogens is 2. The highest BCUT2D eigenvalue weighted by molar-refractivity contribution is 5.99. The van der Waals surface area contributed by atoms with Crippen molar-refractivity contribution in [2.24, 2.45) is 0 Å². The van der Waals surface area contributed by atoms with Gasteiger partial charge in [0.05, 0.1) is 7.11 Å². The van der Waals surface area contributed by atoms with E-state index in [1.54, 1.807) is 23.1 Å². The number of benzene rings is 3. The number of ether oxygens (including phenoxy) is 3. The molecule has 5 rings (SSSR count). The molecule has 1 unspecified atom stereocenters. The Balaban J connectivity index is 1.22. The Hall–Kier alpha value is -3.65. The third-order valence-electron chi connectivity index (χ3n) is 6.53. The Labute approximate surface area is 208 Å². The van der Waals surface area contributed by atoms with Gasteiger partial charge >= 0.3 is 0 Å². The lowest BCUT2D eigenvalue weighted by Gasteiger charge is -2.42. The highest BCUT2D eigenvalue weighted by Crippen LogP contribution is 2.46. The molecule has 6 nitrogen and oxygen atoms in total. The van der Waals surface area contributed by atoms with Crippen molar-refractivity contribution in [1.82, 2.24) is 0 Å². The molecule has 1 saturated carbocycles. The molecule has 1 heterocycles. The summed E-state index contributed by atoms with van der Waals surface area (Å²) in [5, 5.41) is 10.1. The summed E-state index contributed by atoms with van der Waals surface area (Å²) in [5.41, 5.74) is 1.23. The fourth-order valence-electron chi connectivity index (χ4n) is 4.71. The van der Waals surface area contributed by atoms with Crippen molar-refractivity contribution in [1.29, 1.82) is 0 Å². The van der Waals surface area contributed by atoms with Gasteiger partial charge in [0.15, 0.2) is 17.6 Å². The van der Waals surface area contributed by atoms with Crippen LogP contribution in [0, 0.1) is 0 Å². The van der Waals surface area contributed by atoms with Gasteiger partial charge in [-0.1, -0.05) is 42.5 Å². The third kappa shape index (κ3) is 4.99. The van der Waals surface area contributed by atoms with Crippen molar-refractivity contribution < 1.29 is 32.9 Å². The van der Waals surface area contributed by atoms with E-state index < -0.39 is 30.5 Å². The molecule has 3 aromatic carbocycles. The Morgan fingerprint density at radius 2 is 1.67 bits per heavy atom. The molecule has 2 fully saturated rings. The first-order chi connectivity index (χ1) is 17.3. The van der Waals surface area contributed by atoms with Gasteiger partial charge in [0.1, 0.15) is 18.0 Å². The van der Waals surface area contributed by atoms with Crippen LogP contribution in [0.4, 0.5) is 14.5 Å². The van der Waals surface area contributed by atoms with Gasteiger partial charge < -0.3 is 24.2 Å². The van der Waals surface area contributed by atoms with Crippen molar-refractivity contribution in [2.45, 2.75) is 36.9 Å². The molecule has 1 saturated heterocycles. The molecule has 36 heavy (non-hydrogen) atoms. The first-order valence-corrected chi connectivity index (χ1v) is 11.8. The summed E-state index contributed by atoms with van der Waals surface area (Å²) in [6.45, 7) is 0.212. The van der Waals surface area contributed by atoms with Crippen LogP contribution in [0.15, 0.2) is 72.8 Å². The molecular weight excluding hydrogens is 468 g/mol. The molecule has 0 radical (unpaired) electrons. The molecule has 0 aromatic heterocycles. The monoisotopic (exact) mass is 495 g/mol. The summed E-state index contributed by atoms with van der Waals surface area (Å²) >= 11 is 0. The van der Waals surface area contributed by atoms with Crippen LogP contribution in [0.3, 0.4) is 0 Å². The van der Waals surface area contributed by atoms with Crippen LogP contribution in [0.1, 0.15) is 19.3 Å². The molecular formula is C28H27F2NO5. The summed E-state index contributed by atoms with van der Waals surface area (Å²) < 4.78 is 43.2. The number of carbonyl (C=O) groups is 1. The van der Waals surface area contributed by atoms with E-state index in [-0.39, 0.29) is 12.5 Å². The van der Waals surface area contributed by atoms with Gasteiger partial charge in [0, 0.05) is 37.6 Å². The molecule has 1 atom stereocenters. The Morgan fingerprint density at radius 1 is 0.972 bits per heavy atom. The predicted octanol–water partition coefficient (Wildman–Crippen LogP) is 5.09. The molecule has 1 N–H and O–H groups in total. The molecule has 0 spiro atoms. The van der Waals surface area contributed by atoms with Gasteiger partial charge in [0.2, 0.25) is 0 Å². The summed E-state index contributed by atoms with van der Waals surface area (Å²) in [5.74, 6) is -1.75. The lowest BCUT2D eigenvalue weighted by atomic mass is 9.77. The number of anilines is 1. The number of rotatable bonds is 8. The van der Waals surface area contributed by atoms with E-state index in [2.05, 4.69) is 0 Å². The molecule has 1 aliphatic heterocycles. The zero-order valence-corrected chi connectivity index (χ0v) is 19.8. The number of carbonyl (C=O) groups excluding carboxylic acids is 1. The van der Waals surface area contributed by atoms with E-state index in [1.165, 1.54) is 7.11 Å². The second-order valence-corrected chi connectivity index (χ2v) is 9.33. The minimum absolute atomic E-state index is 0.163. The van der Waals surface area contributed by atoms with Crippen molar-refractivity contribution in [3.05, 3.63) is 72.8 Å². The van der Waals surface area contributed by atoms with Crippen LogP contribution in [0.2, 0.25) is 0 Å². The van der Waals surface area contributed by atoms with Gasteiger partial charge in [0.25, 0.3) is 11.8 Å². The third-order valence-corrected chi connectivity index (χ3v) is 6.53. The standard InChI is InChI=1S/C28H27F2NO5/c1-34-25-15-21(9-12-23(25)35-18-27(33)16-28(29,30)17-27)31-14-13-24(26(31)32)36-22-10-7-20(8-11-22)19-5-3-2-4-6-19/h2-12,15,24,33H,13-14,16-18H2,1H3. The van der Waals surface area contributed by atoms with Crippen molar-refractivity contribution in [3.63, 3.8) is 0 Å². The number of aliphatic hydroxyl groups is 1. The first-order valence-electron chi connectivity index (χ1n) is 11.8.